The van der Waals surface area contributed by atoms with Crippen molar-refractivity contribution in [2.45, 2.75) is 23.6 Å². The number of fused-ring (bicyclic) bond motifs is 4. The number of nitrogens with one attached hydrogen (secondary N) is 1. The van der Waals surface area contributed by atoms with Crippen LogP contribution in [-0.4, -0.2) is 92.5 Å². The monoisotopic (exact) mass is 620 g/mol. The molecule has 0 atom stereocenters. The van der Waals surface area contributed by atoms with E-state index in [0.29, 0.717) is 5.56 Å². The van der Waals surface area contributed by atoms with E-state index in [-0.39, 0.29) is 106 Å². The van der Waals surface area contributed by atoms with E-state index in [4.69, 9.17) is 0 Å². The van der Waals surface area contributed by atoms with Gasteiger partial charge in [-0.15, -0.1) is 0 Å². The van der Waals surface area contributed by atoms with Gasteiger partial charge in [-0.2, -0.15) is 0 Å². The molecule has 0 saturated carbocycles. The maximum atomic E-state index is 13.2. The molecule has 0 radical (unpaired) electrons. The molecule has 5 aromatic rings. The second-order valence-corrected chi connectivity index (χ2v) is 10.7. The van der Waals surface area contributed by atoms with Crippen LogP contribution in [0.4, 0.5) is 0 Å². The van der Waals surface area contributed by atoms with E-state index in [1.165, 1.54) is 38.1 Å². The molecule has 18 heteroatoms. The van der Waals surface area contributed by atoms with Crippen molar-refractivity contribution in [2.75, 3.05) is 0 Å². The number of H-pyrrole nitrogens is 1. The number of benzene rings is 3. The molecular weight excluding hydrogens is 602 g/mol. The third kappa shape index (κ3) is 6.29. The molecule has 6 N–H and O–H groups in total. The molecule has 0 aliphatic heterocycles. The molecule has 5 rings (SSSR count). The van der Waals surface area contributed by atoms with Crippen molar-refractivity contribution in [3.63, 3.8) is 0 Å². The number of aromatic amines is 1. The molecule has 0 bridgehead atoms. The molecule has 14 nitrogen and oxygen atoms in total. The zero-order chi connectivity index (χ0) is 24.7. The van der Waals surface area contributed by atoms with Gasteiger partial charge in [-0.25, -0.2) is 21.8 Å². The number of nitrogens with zero attached hydrogens (tertiary/aromatic N) is 1. The Hall–Kier alpha value is -2.68. The fourth-order valence-electron chi connectivity index (χ4n) is 4.18. The summed E-state index contributed by atoms with van der Waals surface area (Å²) in [6, 6.07) is 7.55. The second kappa shape index (κ2) is 12.9. The predicted molar refractivity (Wildman–Crippen MR) is 141 cm³/mol. The van der Waals surface area contributed by atoms with Crippen LogP contribution >= 0.6 is 0 Å². The predicted octanol–water partition coefficient (Wildman–Crippen LogP) is -0.235. The quantitative estimate of drug-likeness (QED) is 0.152. The van der Waals surface area contributed by atoms with Gasteiger partial charge in [-0.05, 0) is 66.1 Å². The van der Waals surface area contributed by atoms with Crippen molar-refractivity contribution in [3.8, 4) is 5.75 Å². The Bertz CT molecular complexity index is 2030. The van der Waals surface area contributed by atoms with Crippen LogP contribution in [0.3, 0.4) is 0 Å². The molecule has 0 unspecified atom stereocenters. The van der Waals surface area contributed by atoms with Gasteiger partial charge in [0.15, 0.2) is 5.43 Å². The smallest absolute Gasteiger partial charge is 0.872 e. The standard InChI is InChI=1S/C22H16N2O8S2.2Al.4H2O/c1-9-3-14-20(19(4-9)34(30,31)32)24-16-7-12-15(6-13(16)22(14)26)23-17-8-18(33(27,28)29)10(2)5-11(17)21(12)25;;;;;;/h3-8H,1-2H3,(H,23,25)(H,24,26)(H,27,28,29)(H,30,31,32);;;4*1H2/q;2*+3;;;;/p-6. The van der Waals surface area contributed by atoms with Crippen LogP contribution in [0.25, 0.3) is 43.6 Å². The van der Waals surface area contributed by atoms with Crippen LogP contribution in [0.15, 0.2) is 51.0 Å². The Balaban J connectivity index is 0. The minimum absolute atomic E-state index is 0. The summed E-state index contributed by atoms with van der Waals surface area (Å²) in [5.41, 5.74) is -0.0328. The van der Waals surface area contributed by atoms with Crippen molar-refractivity contribution in [2.24, 2.45) is 0 Å². The summed E-state index contributed by atoms with van der Waals surface area (Å²) >= 11 is 0. The maximum Gasteiger partial charge on any atom is 3.00 e. The van der Waals surface area contributed by atoms with Gasteiger partial charge in [-0.1, -0.05) is 11.8 Å². The average molecular weight is 620 g/mol. The Morgan fingerprint density at radius 1 is 0.725 bits per heavy atom. The normalized spacial score (nSPS) is 10.9. The first-order valence-corrected chi connectivity index (χ1v) is 12.5. The van der Waals surface area contributed by atoms with Gasteiger partial charge in [0.05, 0.1) is 31.9 Å². The molecule has 0 saturated heterocycles. The Morgan fingerprint density at radius 3 is 1.80 bits per heavy atom. The van der Waals surface area contributed by atoms with E-state index < -0.39 is 41.2 Å². The molecule has 3 aromatic carbocycles. The summed E-state index contributed by atoms with van der Waals surface area (Å²) in [6.45, 7) is 2.92. The third-order valence-electron chi connectivity index (χ3n) is 5.69. The van der Waals surface area contributed by atoms with E-state index in [9.17, 15) is 35.8 Å². The molecule has 0 aliphatic rings. The minimum Gasteiger partial charge on any atom is -0.872 e. The molecule has 206 valence electrons. The topological polar surface area (TPSA) is 305 Å². The van der Waals surface area contributed by atoms with Crippen LogP contribution in [0, 0.1) is 13.8 Å². The van der Waals surface area contributed by atoms with E-state index >= 15 is 0 Å². The van der Waals surface area contributed by atoms with E-state index in [1.807, 2.05) is 0 Å². The van der Waals surface area contributed by atoms with E-state index in [1.54, 1.807) is 0 Å². The van der Waals surface area contributed by atoms with Crippen LogP contribution in [-0.2, 0) is 20.2 Å². The SMILES string of the molecule is Cc1cc(S(=O)(=O)[O-])c2nc3cc4c(=O)c5cc(C)c(S(=O)(=O)[O-])cc5[nH]c4cc3c([O-])c2c1.O.[Al+3].[Al+3].[OH-].[OH-].[OH-]. The maximum absolute atomic E-state index is 13.2. The number of aromatic nitrogens is 2. The first-order valence-electron chi connectivity index (χ1n) is 9.73. The molecule has 0 spiro atoms. The summed E-state index contributed by atoms with van der Waals surface area (Å²) in [5.74, 6) is -0.594. The zero-order valence-electron chi connectivity index (χ0n) is 20.5. The molecule has 0 fully saturated rings. The number of hydrogen-bond donors (Lipinski definition) is 1. The van der Waals surface area contributed by atoms with Gasteiger partial charge < -0.3 is 41.1 Å². The first-order chi connectivity index (χ1) is 15.8. The fraction of sp³-hybridized carbons (Fsp3) is 0.0909. The number of pyridine rings is 2. The van der Waals surface area contributed by atoms with Crippen molar-refractivity contribution in [3.05, 3.63) is 57.7 Å². The Labute approximate surface area is 247 Å². The largest absolute Gasteiger partial charge is 3.00 e. The average Bonchev–Trinajstić information content (AvgIpc) is 2.72. The summed E-state index contributed by atoms with van der Waals surface area (Å²) in [7, 11) is -9.72. The molecule has 2 aromatic heterocycles. The van der Waals surface area contributed by atoms with Crippen LogP contribution in [0.5, 0.6) is 5.75 Å². The molecule has 2 heterocycles. The van der Waals surface area contributed by atoms with Gasteiger partial charge in [0.1, 0.15) is 20.2 Å². The number of aryl methyl sites for hydroxylation is 2. The van der Waals surface area contributed by atoms with Crippen LogP contribution in [0.2, 0.25) is 0 Å². The van der Waals surface area contributed by atoms with Crippen molar-refractivity contribution in [1.29, 1.82) is 0 Å². The Morgan fingerprint density at radius 2 is 1.25 bits per heavy atom. The molecular formula is C22H18Al2N2O12S2. The van der Waals surface area contributed by atoms with Gasteiger partial charge >= 0.3 is 34.7 Å². The minimum atomic E-state index is -4.93. The second-order valence-electron chi connectivity index (χ2n) is 8.04. The summed E-state index contributed by atoms with van der Waals surface area (Å²) in [4.78, 5) is 19.2. The first kappa shape index (κ1) is 39.5. The van der Waals surface area contributed by atoms with E-state index in [0.717, 1.165) is 12.1 Å². The molecule has 0 aliphatic carbocycles. The van der Waals surface area contributed by atoms with Crippen molar-refractivity contribution < 1.29 is 53.0 Å². The van der Waals surface area contributed by atoms with Crippen molar-refractivity contribution in [1.82, 2.24) is 9.97 Å². The van der Waals surface area contributed by atoms with Crippen LogP contribution < -0.4 is 10.5 Å². The molecule has 0 amide bonds. The van der Waals surface area contributed by atoms with E-state index in [2.05, 4.69) is 9.97 Å². The van der Waals surface area contributed by atoms with Gasteiger partial charge in [0.25, 0.3) is 0 Å². The zero-order valence-corrected chi connectivity index (χ0v) is 24.4. The third-order valence-corrected chi connectivity index (χ3v) is 7.52. The number of rotatable bonds is 2. The molecule has 40 heavy (non-hydrogen) atoms. The Kier molecular flexibility index (Phi) is 12.7. The summed E-state index contributed by atoms with van der Waals surface area (Å²) in [5, 5.41) is 13.4. The summed E-state index contributed by atoms with van der Waals surface area (Å²) in [6.07, 6.45) is 0. The van der Waals surface area contributed by atoms with Gasteiger partial charge in [0.2, 0.25) is 0 Å². The summed E-state index contributed by atoms with van der Waals surface area (Å²) < 4.78 is 70.0. The fourth-order valence-corrected chi connectivity index (χ4v) is 5.62. The van der Waals surface area contributed by atoms with Gasteiger partial charge in [-0.3, -0.25) is 4.79 Å². The number of hydrogen-bond acceptors (Lipinski definition) is 12. The van der Waals surface area contributed by atoms with Crippen molar-refractivity contribution >= 4 is 98.6 Å². The van der Waals surface area contributed by atoms with Crippen LogP contribution in [0.1, 0.15) is 11.1 Å². The van der Waals surface area contributed by atoms with Gasteiger partial charge in [0, 0.05) is 10.8 Å².